The van der Waals surface area contributed by atoms with Crippen molar-refractivity contribution < 1.29 is 9.18 Å². The van der Waals surface area contributed by atoms with E-state index in [0.717, 1.165) is 11.8 Å². The molecule has 2 heterocycles. The molecule has 0 aliphatic carbocycles. The number of nitrogens with zero attached hydrogens (tertiary/aromatic N) is 1. The molecule has 2 rings (SSSR count). The number of carbonyl (C=O) groups is 1. The van der Waals surface area contributed by atoms with Gasteiger partial charge in [0, 0.05) is 6.20 Å². The largest absolute Gasteiger partial charge is 0.288 e. The van der Waals surface area contributed by atoms with Crippen LogP contribution in [-0.4, -0.2) is 10.8 Å². The zero-order chi connectivity index (χ0) is 10.8. The van der Waals surface area contributed by atoms with Gasteiger partial charge >= 0.3 is 0 Å². The van der Waals surface area contributed by atoms with Gasteiger partial charge in [0.25, 0.3) is 0 Å². The molecule has 0 aliphatic rings. The number of ketones is 1. The predicted octanol–water partition coefficient (Wildman–Crippen LogP) is 2.82. The Morgan fingerprint density at radius 3 is 2.87 bits per heavy atom. The van der Waals surface area contributed by atoms with Gasteiger partial charge in [-0.05, 0) is 30.0 Å². The van der Waals surface area contributed by atoms with Gasteiger partial charge in [-0.2, -0.15) is 0 Å². The molecule has 0 amide bonds. The maximum absolute atomic E-state index is 13.3. The van der Waals surface area contributed by atoms with E-state index in [-0.39, 0.29) is 11.3 Å². The number of thiophene rings is 1. The van der Waals surface area contributed by atoms with Crippen molar-refractivity contribution in [1.82, 2.24) is 4.98 Å². The van der Waals surface area contributed by atoms with Crippen LogP contribution in [0.1, 0.15) is 20.8 Å². The summed E-state index contributed by atoms with van der Waals surface area (Å²) in [5.41, 5.74) is 0.955. The Labute approximate surface area is 90.4 Å². The minimum Gasteiger partial charge on any atom is -0.288 e. The summed E-state index contributed by atoms with van der Waals surface area (Å²) >= 11 is 1.32. The van der Waals surface area contributed by atoms with E-state index in [9.17, 15) is 9.18 Å². The molecule has 76 valence electrons. The summed E-state index contributed by atoms with van der Waals surface area (Å²) in [5.74, 6) is -0.849. The molecular formula is C11H8FNOS. The molecule has 0 bridgehead atoms. The van der Waals surface area contributed by atoms with Gasteiger partial charge in [-0.25, -0.2) is 4.39 Å². The third-order valence-corrected chi connectivity index (χ3v) is 3.10. The second-order valence-electron chi connectivity index (χ2n) is 3.12. The van der Waals surface area contributed by atoms with Crippen molar-refractivity contribution in [2.45, 2.75) is 6.92 Å². The smallest absolute Gasteiger partial charge is 0.206 e. The van der Waals surface area contributed by atoms with E-state index in [1.807, 2.05) is 18.4 Å². The summed E-state index contributed by atoms with van der Waals surface area (Å²) in [6.45, 7) is 1.84. The fourth-order valence-electron chi connectivity index (χ4n) is 1.29. The molecule has 0 N–H and O–H groups in total. The number of carbonyl (C=O) groups excluding carboxylic acids is 1. The van der Waals surface area contributed by atoms with Crippen LogP contribution in [-0.2, 0) is 0 Å². The maximum Gasteiger partial charge on any atom is 0.206 e. The Kier molecular flexibility index (Phi) is 2.60. The Bertz CT molecular complexity index is 507. The van der Waals surface area contributed by atoms with Crippen LogP contribution in [0.4, 0.5) is 4.39 Å². The third-order valence-electron chi connectivity index (χ3n) is 2.09. The highest BCUT2D eigenvalue weighted by atomic mass is 32.1. The number of rotatable bonds is 2. The molecule has 2 nitrogen and oxygen atoms in total. The van der Waals surface area contributed by atoms with Crippen molar-refractivity contribution >= 4 is 17.1 Å². The lowest BCUT2D eigenvalue weighted by molar-refractivity contribution is 0.103. The van der Waals surface area contributed by atoms with Gasteiger partial charge in [0.05, 0.1) is 16.6 Å². The Morgan fingerprint density at radius 1 is 1.47 bits per heavy atom. The van der Waals surface area contributed by atoms with E-state index in [1.165, 1.54) is 23.6 Å². The fraction of sp³-hybridized carbons (Fsp3) is 0.0909. The summed E-state index contributed by atoms with van der Waals surface area (Å²) in [6.07, 6.45) is 2.47. The lowest BCUT2D eigenvalue weighted by Crippen LogP contribution is -2.03. The van der Waals surface area contributed by atoms with Gasteiger partial charge in [0.1, 0.15) is 0 Å². The number of aromatic nitrogens is 1. The summed E-state index contributed by atoms with van der Waals surface area (Å²) in [6, 6.07) is 3.24. The molecule has 2 aromatic rings. The van der Waals surface area contributed by atoms with Gasteiger partial charge in [-0.1, -0.05) is 0 Å². The van der Waals surface area contributed by atoms with Crippen molar-refractivity contribution in [3.05, 3.63) is 51.7 Å². The highest BCUT2D eigenvalue weighted by molar-refractivity contribution is 7.12. The predicted molar refractivity (Wildman–Crippen MR) is 56.7 cm³/mol. The Hall–Kier alpha value is -1.55. The van der Waals surface area contributed by atoms with Crippen LogP contribution in [0, 0.1) is 12.7 Å². The first kappa shape index (κ1) is 9.98. The first-order valence-electron chi connectivity index (χ1n) is 4.38. The Morgan fingerprint density at radius 2 is 2.27 bits per heavy atom. The lowest BCUT2D eigenvalue weighted by Gasteiger charge is -2.00. The summed E-state index contributed by atoms with van der Waals surface area (Å²) in [7, 11) is 0. The minimum atomic E-state index is -0.574. The molecule has 15 heavy (non-hydrogen) atoms. The lowest BCUT2D eigenvalue weighted by atomic mass is 10.1. The minimum absolute atomic E-state index is 0.0792. The monoisotopic (exact) mass is 221 g/mol. The van der Waals surface area contributed by atoms with Crippen LogP contribution >= 0.6 is 11.3 Å². The average molecular weight is 221 g/mol. The van der Waals surface area contributed by atoms with Crippen molar-refractivity contribution in [2.24, 2.45) is 0 Å². The second kappa shape index (κ2) is 3.90. The molecule has 0 fully saturated rings. The SMILES string of the molecule is Cc1ccsc1C(=O)c1ccncc1F. The van der Waals surface area contributed by atoms with Crippen LogP contribution < -0.4 is 0 Å². The fourth-order valence-corrected chi connectivity index (χ4v) is 2.17. The van der Waals surface area contributed by atoms with E-state index < -0.39 is 5.82 Å². The maximum atomic E-state index is 13.3. The van der Waals surface area contributed by atoms with E-state index in [2.05, 4.69) is 4.98 Å². The van der Waals surface area contributed by atoms with Gasteiger partial charge in [0.15, 0.2) is 5.82 Å². The molecule has 0 atom stereocenters. The first-order valence-corrected chi connectivity index (χ1v) is 5.26. The van der Waals surface area contributed by atoms with Crippen LogP contribution in [0.25, 0.3) is 0 Å². The van der Waals surface area contributed by atoms with Crippen LogP contribution in [0.5, 0.6) is 0 Å². The number of halogens is 1. The van der Waals surface area contributed by atoms with E-state index >= 15 is 0 Å². The zero-order valence-electron chi connectivity index (χ0n) is 8.03. The van der Waals surface area contributed by atoms with Crippen LogP contribution in [0.3, 0.4) is 0 Å². The molecule has 0 aliphatic heterocycles. The van der Waals surface area contributed by atoms with E-state index in [1.54, 1.807) is 0 Å². The topological polar surface area (TPSA) is 30.0 Å². The number of aryl methyl sites for hydroxylation is 1. The molecule has 4 heteroatoms. The van der Waals surface area contributed by atoms with Crippen molar-refractivity contribution in [3.63, 3.8) is 0 Å². The quantitative estimate of drug-likeness (QED) is 0.730. The molecule has 0 saturated heterocycles. The first-order chi connectivity index (χ1) is 7.20. The molecule has 0 radical (unpaired) electrons. The molecule has 0 aromatic carbocycles. The number of pyridine rings is 1. The highest BCUT2D eigenvalue weighted by Crippen LogP contribution is 2.20. The van der Waals surface area contributed by atoms with Gasteiger partial charge in [-0.15, -0.1) is 11.3 Å². The third kappa shape index (κ3) is 1.80. The highest BCUT2D eigenvalue weighted by Gasteiger charge is 2.16. The normalized spacial score (nSPS) is 10.3. The molecular weight excluding hydrogens is 213 g/mol. The molecule has 2 aromatic heterocycles. The summed E-state index contributed by atoms with van der Waals surface area (Å²) in [4.78, 5) is 16.1. The van der Waals surface area contributed by atoms with Gasteiger partial charge in [-0.3, -0.25) is 9.78 Å². The molecule has 0 saturated carbocycles. The van der Waals surface area contributed by atoms with Crippen molar-refractivity contribution in [3.8, 4) is 0 Å². The second-order valence-corrected chi connectivity index (χ2v) is 4.03. The zero-order valence-corrected chi connectivity index (χ0v) is 8.84. The van der Waals surface area contributed by atoms with Crippen LogP contribution in [0.15, 0.2) is 29.9 Å². The molecule has 0 unspecified atom stereocenters. The van der Waals surface area contributed by atoms with Gasteiger partial charge < -0.3 is 0 Å². The van der Waals surface area contributed by atoms with Crippen molar-refractivity contribution in [2.75, 3.05) is 0 Å². The Balaban J connectivity index is 2.46. The summed E-state index contributed by atoms with van der Waals surface area (Å²) < 4.78 is 13.3. The van der Waals surface area contributed by atoms with Gasteiger partial charge in [0.2, 0.25) is 5.78 Å². The average Bonchev–Trinajstić information content (AvgIpc) is 2.64. The standard InChI is InChI=1S/C11H8FNOS/c1-7-3-5-15-11(7)10(14)8-2-4-13-6-9(8)12/h2-6H,1H3. The number of hydrogen-bond acceptors (Lipinski definition) is 3. The number of hydrogen-bond donors (Lipinski definition) is 0. The van der Waals surface area contributed by atoms with Crippen LogP contribution in [0.2, 0.25) is 0 Å². The van der Waals surface area contributed by atoms with Crippen molar-refractivity contribution in [1.29, 1.82) is 0 Å². The molecule has 0 spiro atoms. The summed E-state index contributed by atoms with van der Waals surface area (Å²) in [5, 5.41) is 1.82. The van der Waals surface area contributed by atoms with E-state index in [0.29, 0.717) is 4.88 Å². The van der Waals surface area contributed by atoms with E-state index in [4.69, 9.17) is 0 Å².